The van der Waals surface area contributed by atoms with Crippen molar-refractivity contribution in [2.45, 2.75) is 51.0 Å². The number of hydrogen-bond acceptors (Lipinski definition) is 3. The molecule has 0 unspecified atom stereocenters. The maximum atomic E-state index is 11.1. The molecular formula is C19H24N2O2. The molecule has 2 aromatic rings. The third kappa shape index (κ3) is 1.52. The predicted octanol–water partition coefficient (Wildman–Crippen LogP) is 2.60. The third-order valence-corrected chi connectivity index (χ3v) is 6.76. The van der Waals surface area contributed by atoms with E-state index < -0.39 is 12.3 Å². The number of piperidine rings is 1. The van der Waals surface area contributed by atoms with E-state index in [1.165, 1.54) is 16.6 Å². The van der Waals surface area contributed by atoms with Crippen LogP contribution in [0.4, 0.5) is 0 Å². The van der Waals surface area contributed by atoms with E-state index in [1.54, 1.807) is 0 Å². The van der Waals surface area contributed by atoms with Gasteiger partial charge < -0.3 is 14.8 Å². The summed E-state index contributed by atoms with van der Waals surface area (Å²) in [6.45, 7) is 4.35. The maximum Gasteiger partial charge on any atom is 0.157 e. The van der Waals surface area contributed by atoms with Crippen LogP contribution >= 0.6 is 0 Å². The number of hydrogen-bond donors (Lipinski definition) is 2. The van der Waals surface area contributed by atoms with Crippen molar-refractivity contribution in [3.63, 3.8) is 0 Å². The standard InChI is InChI=1S/C19H24N2O2/c1-2-19-9-5-10-20-11-8-13-12-6-3-4-7-14(12)21(15(13)16(19)20)18(23)17(19)22/h3-4,6-7,16-18,22-23H,2,5,8-11H2,1H3/t16-,17-,18+,19-/m0/s1. The van der Waals surface area contributed by atoms with Crippen LogP contribution in [0.2, 0.25) is 0 Å². The number of aromatic nitrogens is 1. The molecular weight excluding hydrogens is 288 g/mol. The number of aliphatic hydroxyl groups is 2. The van der Waals surface area contributed by atoms with Gasteiger partial charge in [-0.1, -0.05) is 25.1 Å². The SMILES string of the molecule is CC[C@@]12CCCN3CCc4c(n(c5ccccc45)[C@H](O)[C@@H]1O)[C@H]32. The van der Waals surface area contributed by atoms with Crippen LogP contribution in [0, 0.1) is 5.41 Å². The average molecular weight is 312 g/mol. The van der Waals surface area contributed by atoms with Gasteiger partial charge in [0.15, 0.2) is 6.23 Å². The highest BCUT2D eigenvalue weighted by atomic mass is 16.3. The second-order valence-electron chi connectivity index (χ2n) is 7.49. The van der Waals surface area contributed by atoms with Crippen molar-refractivity contribution in [3.8, 4) is 0 Å². The zero-order chi connectivity index (χ0) is 15.8. The Morgan fingerprint density at radius 2 is 2.04 bits per heavy atom. The van der Waals surface area contributed by atoms with Gasteiger partial charge in [-0.3, -0.25) is 4.90 Å². The van der Waals surface area contributed by atoms with Crippen LogP contribution < -0.4 is 0 Å². The molecule has 1 aromatic carbocycles. The van der Waals surface area contributed by atoms with Gasteiger partial charge in [-0.2, -0.15) is 0 Å². The molecule has 23 heavy (non-hydrogen) atoms. The smallest absolute Gasteiger partial charge is 0.157 e. The van der Waals surface area contributed by atoms with Gasteiger partial charge in [0.1, 0.15) is 6.10 Å². The van der Waals surface area contributed by atoms with Crippen LogP contribution in [0.3, 0.4) is 0 Å². The highest BCUT2D eigenvalue weighted by molar-refractivity contribution is 5.86. The molecule has 4 heterocycles. The van der Waals surface area contributed by atoms with E-state index in [2.05, 4.69) is 30.0 Å². The van der Waals surface area contributed by atoms with Crippen molar-refractivity contribution in [2.24, 2.45) is 5.41 Å². The molecule has 1 fully saturated rings. The first-order valence-corrected chi connectivity index (χ1v) is 8.91. The number of rotatable bonds is 1. The van der Waals surface area contributed by atoms with E-state index in [9.17, 15) is 10.2 Å². The van der Waals surface area contributed by atoms with E-state index >= 15 is 0 Å². The van der Waals surface area contributed by atoms with Gasteiger partial charge in [-0.05, 0) is 43.9 Å². The van der Waals surface area contributed by atoms with Gasteiger partial charge in [-0.15, -0.1) is 0 Å². The molecule has 0 spiro atoms. The van der Waals surface area contributed by atoms with Crippen molar-refractivity contribution in [1.29, 1.82) is 0 Å². The van der Waals surface area contributed by atoms with E-state index in [0.29, 0.717) is 0 Å². The summed E-state index contributed by atoms with van der Waals surface area (Å²) in [4.78, 5) is 2.56. The summed E-state index contributed by atoms with van der Waals surface area (Å²) < 4.78 is 2.03. The summed E-state index contributed by atoms with van der Waals surface area (Å²) in [5.74, 6) is 0. The molecule has 0 saturated carbocycles. The van der Waals surface area contributed by atoms with Crippen LogP contribution in [0.15, 0.2) is 24.3 Å². The number of benzene rings is 1. The first-order valence-electron chi connectivity index (χ1n) is 8.91. The number of fused-ring (bicyclic) bond motifs is 3. The van der Waals surface area contributed by atoms with Gasteiger partial charge >= 0.3 is 0 Å². The van der Waals surface area contributed by atoms with Crippen molar-refractivity contribution in [3.05, 3.63) is 35.5 Å². The topological polar surface area (TPSA) is 48.6 Å². The third-order valence-electron chi connectivity index (χ3n) is 6.76. The van der Waals surface area contributed by atoms with Crippen molar-refractivity contribution < 1.29 is 10.2 Å². The summed E-state index contributed by atoms with van der Waals surface area (Å²) in [6.07, 6.45) is 2.54. The second-order valence-corrected chi connectivity index (χ2v) is 7.49. The molecule has 122 valence electrons. The molecule has 4 heteroatoms. The molecule has 0 radical (unpaired) electrons. The van der Waals surface area contributed by atoms with Crippen LogP contribution in [-0.4, -0.2) is 38.9 Å². The largest absolute Gasteiger partial charge is 0.388 e. The molecule has 0 bridgehead atoms. The maximum absolute atomic E-state index is 11.1. The predicted molar refractivity (Wildman–Crippen MR) is 89.2 cm³/mol. The number of para-hydroxylation sites is 1. The van der Waals surface area contributed by atoms with Crippen molar-refractivity contribution in [2.75, 3.05) is 13.1 Å². The molecule has 1 aromatic heterocycles. The quantitative estimate of drug-likeness (QED) is 0.851. The fraction of sp³-hybridized carbons (Fsp3) is 0.579. The summed E-state index contributed by atoms with van der Waals surface area (Å²) >= 11 is 0. The summed E-state index contributed by atoms with van der Waals surface area (Å²) in [5.41, 5.74) is 3.53. The Hall–Kier alpha value is -1.36. The van der Waals surface area contributed by atoms with Crippen LogP contribution in [0.25, 0.3) is 10.9 Å². The Labute approximate surface area is 136 Å². The first kappa shape index (κ1) is 14.0. The summed E-state index contributed by atoms with van der Waals surface area (Å²) in [5, 5.41) is 23.3. The number of aliphatic hydroxyl groups excluding tert-OH is 2. The molecule has 5 rings (SSSR count). The lowest BCUT2D eigenvalue weighted by molar-refractivity contribution is -0.173. The summed E-state index contributed by atoms with van der Waals surface area (Å²) in [6, 6.07) is 8.59. The van der Waals surface area contributed by atoms with Crippen LogP contribution in [-0.2, 0) is 6.42 Å². The monoisotopic (exact) mass is 312 g/mol. The lowest BCUT2D eigenvalue weighted by Gasteiger charge is -2.58. The highest BCUT2D eigenvalue weighted by Crippen LogP contribution is 2.59. The van der Waals surface area contributed by atoms with E-state index in [1.807, 2.05) is 10.6 Å². The van der Waals surface area contributed by atoms with E-state index in [4.69, 9.17) is 0 Å². The number of nitrogens with zero attached hydrogens (tertiary/aromatic N) is 2. The zero-order valence-electron chi connectivity index (χ0n) is 13.6. The average Bonchev–Trinajstić information content (AvgIpc) is 2.94. The Morgan fingerprint density at radius 3 is 2.87 bits per heavy atom. The van der Waals surface area contributed by atoms with Gasteiger partial charge in [0, 0.05) is 23.0 Å². The fourth-order valence-corrected chi connectivity index (χ4v) is 5.71. The van der Waals surface area contributed by atoms with Gasteiger partial charge in [0.25, 0.3) is 0 Å². The molecule has 1 saturated heterocycles. The first-order chi connectivity index (χ1) is 11.2. The lowest BCUT2D eigenvalue weighted by atomic mass is 9.62. The minimum absolute atomic E-state index is 0.211. The zero-order valence-corrected chi connectivity index (χ0v) is 13.6. The van der Waals surface area contributed by atoms with E-state index in [-0.39, 0.29) is 11.5 Å². The molecule has 2 N–H and O–H groups in total. The fourth-order valence-electron chi connectivity index (χ4n) is 5.71. The molecule has 4 nitrogen and oxygen atoms in total. The lowest BCUT2D eigenvalue weighted by Crippen LogP contribution is -2.59. The Balaban J connectivity index is 1.88. The molecule has 3 aliphatic rings. The van der Waals surface area contributed by atoms with Crippen molar-refractivity contribution >= 4 is 10.9 Å². The highest BCUT2D eigenvalue weighted by Gasteiger charge is 2.57. The Kier molecular flexibility index (Phi) is 2.80. The normalized spacial score (nSPS) is 36.2. The minimum atomic E-state index is -0.835. The van der Waals surface area contributed by atoms with Gasteiger partial charge in [0.2, 0.25) is 0 Å². The molecule has 0 aliphatic carbocycles. The van der Waals surface area contributed by atoms with Gasteiger partial charge in [-0.25, -0.2) is 0 Å². The second kappa shape index (κ2) is 4.59. The van der Waals surface area contributed by atoms with E-state index in [0.717, 1.165) is 44.3 Å². The van der Waals surface area contributed by atoms with Crippen molar-refractivity contribution in [1.82, 2.24) is 9.47 Å². The summed E-state index contributed by atoms with van der Waals surface area (Å²) in [7, 11) is 0. The minimum Gasteiger partial charge on any atom is -0.388 e. The Bertz CT molecular complexity index is 783. The molecule has 0 amide bonds. The molecule has 4 atom stereocenters. The Morgan fingerprint density at radius 1 is 1.22 bits per heavy atom. The van der Waals surface area contributed by atoms with Crippen LogP contribution in [0.1, 0.15) is 49.7 Å². The van der Waals surface area contributed by atoms with Crippen LogP contribution in [0.5, 0.6) is 0 Å². The molecule has 3 aliphatic heterocycles. The van der Waals surface area contributed by atoms with Gasteiger partial charge in [0.05, 0.1) is 11.6 Å².